The molecule has 0 aromatic carbocycles. The first-order valence-corrected chi connectivity index (χ1v) is 40.1. The van der Waals surface area contributed by atoms with Crippen molar-refractivity contribution >= 4 is 11.9 Å². The second kappa shape index (κ2) is 80.3. The summed E-state index contributed by atoms with van der Waals surface area (Å²) in [6.07, 6.45) is 114. The fourth-order valence-corrected chi connectivity index (χ4v) is 12.2. The Hall–Kier alpha value is -2.92. The Balaban J connectivity index is 3.38. The van der Waals surface area contributed by atoms with Crippen LogP contribution < -0.4 is 0 Å². The molecular formula is C85H154O5. The Morgan fingerprint density at radius 2 is 0.478 bits per heavy atom. The molecule has 1 unspecified atom stereocenters. The van der Waals surface area contributed by atoms with Crippen molar-refractivity contribution in [3.63, 3.8) is 0 Å². The molecule has 0 aromatic heterocycles. The van der Waals surface area contributed by atoms with Gasteiger partial charge >= 0.3 is 11.9 Å². The van der Waals surface area contributed by atoms with Crippen LogP contribution in [0.1, 0.15) is 425 Å². The van der Waals surface area contributed by atoms with Crippen molar-refractivity contribution in [3.05, 3.63) is 85.1 Å². The number of allylic oxidation sites excluding steroid dienone is 14. The standard InChI is InChI=1S/C85H154O5/c1-3-5-7-9-11-13-15-17-19-21-23-25-27-29-31-33-35-37-39-41-42-44-45-47-49-51-53-55-57-59-61-63-65-67-69-71-73-75-77-79-84(87)89-82-83(81-86)90-85(88)80-78-76-74-72-70-68-66-64-62-60-58-56-54-52-50-48-46-43-40-38-36-34-32-30-28-26-24-22-20-18-16-14-12-10-8-6-4-2/h6,8,12,14-15,17-18,20-21,23-24,26-27,29,83,86H,3-5,7,9-11,13,16,19,22,25,28,30-82H2,1-2H3/b8-6-,14-12-,17-15-,20-18-,23-21-,26-24-,29-27-. The van der Waals surface area contributed by atoms with Crippen molar-refractivity contribution in [1.82, 2.24) is 0 Å². The van der Waals surface area contributed by atoms with Gasteiger partial charge in [-0.2, -0.15) is 0 Å². The molecule has 0 heterocycles. The summed E-state index contributed by atoms with van der Waals surface area (Å²) in [5.74, 6) is -0.566. The van der Waals surface area contributed by atoms with Gasteiger partial charge in [-0.05, 0) is 89.9 Å². The number of esters is 2. The fraction of sp³-hybridized carbons (Fsp3) is 0.812. The Kier molecular flexibility index (Phi) is 77.7. The second-order valence-corrected chi connectivity index (χ2v) is 27.1. The molecule has 524 valence electrons. The van der Waals surface area contributed by atoms with E-state index in [1.165, 1.54) is 321 Å². The van der Waals surface area contributed by atoms with Gasteiger partial charge in [0.15, 0.2) is 6.10 Å². The molecule has 0 fully saturated rings. The van der Waals surface area contributed by atoms with E-state index in [1.54, 1.807) is 0 Å². The van der Waals surface area contributed by atoms with Crippen LogP contribution in [0.3, 0.4) is 0 Å². The highest BCUT2D eigenvalue weighted by molar-refractivity contribution is 5.70. The van der Waals surface area contributed by atoms with E-state index in [1.807, 2.05) is 0 Å². The minimum absolute atomic E-state index is 0.0609. The van der Waals surface area contributed by atoms with E-state index in [2.05, 4.69) is 98.9 Å². The molecule has 0 aliphatic heterocycles. The summed E-state index contributed by atoms with van der Waals surface area (Å²) < 4.78 is 10.8. The van der Waals surface area contributed by atoms with Gasteiger partial charge in [-0.25, -0.2) is 0 Å². The highest BCUT2D eigenvalue weighted by Crippen LogP contribution is 2.20. The van der Waals surface area contributed by atoms with Crippen molar-refractivity contribution in [2.45, 2.75) is 431 Å². The first-order valence-electron chi connectivity index (χ1n) is 40.1. The molecule has 0 bridgehead atoms. The summed E-state index contributed by atoms with van der Waals surface area (Å²) in [6.45, 7) is 4.07. The van der Waals surface area contributed by atoms with Gasteiger partial charge in [0.2, 0.25) is 0 Å². The molecule has 0 saturated carbocycles. The van der Waals surface area contributed by atoms with Crippen LogP contribution in [0.2, 0.25) is 0 Å². The number of carbonyl (C=O) groups excluding carboxylic acids is 2. The maximum absolute atomic E-state index is 12.4. The maximum Gasteiger partial charge on any atom is 0.306 e. The highest BCUT2D eigenvalue weighted by Gasteiger charge is 2.16. The number of ether oxygens (including phenoxy) is 2. The van der Waals surface area contributed by atoms with Gasteiger partial charge in [0, 0.05) is 12.8 Å². The molecule has 0 radical (unpaired) electrons. The first-order chi connectivity index (χ1) is 44.6. The predicted octanol–water partition coefficient (Wildman–Crippen LogP) is 28.3. The Bertz CT molecular complexity index is 1620. The van der Waals surface area contributed by atoms with Crippen LogP contribution in [0, 0.1) is 0 Å². The van der Waals surface area contributed by atoms with E-state index in [0.717, 1.165) is 77.0 Å². The molecule has 0 aliphatic carbocycles. The summed E-state index contributed by atoms with van der Waals surface area (Å²) in [5.41, 5.74) is 0. The van der Waals surface area contributed by atoms with Gasteiger partial charge in [-0.3, -0.25) is 9.59 Å². The summed E-state index contributed by atoms with van der Waals surface area (Å²) in [4.78, 5) is 24.7. The zero-order valence-corrected chi connectivity index (χ0v) is 60.4. The van der Waals surface area contributed by atoms with E-state index in [9.17, 15) is 14.7 Å². The van der Waals surface area contributed by atoms with Crippen LogP contribution in [0.4, 0.5) is 0 Å². The van der Waals surface area contributed by atoms with Crippen molar-refractivity contribution in [2.75, 3.05) is 13.2 Å². The monoisotopic (exact) mass is 1260 g/mol. The first kappa shape index (κ1) is 87.1. The molecule has 0 saturated heterocycles. The molecule has 5 nitrogen and oxygen atoms in total. The number of carbonyl (C=O) groups is 2. The van der Waals surface area contributed by atoms with E-state index in [-0.39, 0.29) is 25.2 Å². The van der Waals surface area contributed by atoms with E-state index in [0.29, 0.717) is 12.8 Å². The molecule has 1 atom stereocenters. The van der Waals surface area contributed by atoms with E-state index >= 15 is 0 Å². The van der Waals surface area contributed by atoms with Crippen LogP contribution in [0.25, 0.3) is 0 Å². The molecule has 0 aromatic rings. The topological polar surface area (TPSA) is 72.8 Å². The lowest BCUT2D eigenvalue weighted by atomic mass is 10.0. The van der Waals surface area contributed by atoms with Crippen molar-refractivity contribution in [2.24, 2.45) is 0 Å². The number of hydrogen-bond acceptors (Lipinski definition) is 5. The molecule has 90 heavy (non-hydrogen) atoms. The fourth-order valence-electron chi connectivity index (χ4n) is 12.2. The lowest BCUT2D eigenvalue weighted by Crippen LogP contribution is -2.28. The van der Waals surface area contributed by atoms with Gasteiger partial charge in [-0.15, -0.1) is 0 Å². The van der Waals surface area contributed by atoms with Crippen LogP contribution in [0.5, 0.6) is 0 Å². The maximum atomic E-state index is 12.4. The van der Waals surface area contributed by atoms with E-state index < -0.39 is 6.10 Å². The summed E-state index contributed by atoms with van der Waals surface area (Å²) in [6, 6.07) is 0. The van der Waals surface area contributed by atoms with Gasteiger partial charge in [0.25, 0.3) is 0 Å². The minimum atomic E-state index is -0.773. The normalized spacial score (nSPS) is 12.6. The van der Waals surface area contributed by atoms with Crippen LogP contribution in [0.15, 0.2) is 85.1 Å². The smallest absolute Gasteiger partial charge is 0.306 e. The van der Waals surface area contributed by atoms with Crippen LogP contribution >= 0.6 is 0 Å². The molecule has 5 heteroatoms. The molecule has 1 N–H and O–H groups in total. The summed E-state index contributed by atoms with van der Waals surface area (Å²) >= 11 is 0. The third kappa shape index (κ3) is 77.5. The number of aliphatic hydroxyl groups excluding tert-OH is 1. The second-order valence-electron chi connectivity index (χ2n) is 27.1. The third-order valence-corrected chi connectivity index (χ3v) is 18.2. The Morgan fingerprint density at radius 3 is 0.722 bits per heavy atom. The largest absolute Gasteiger partial charge is 0.462 e. The number of unbranched alkanes of at least 4 members (excludes halogenated alkanes) is 53. The van der Waals surface area contributed by atoms with Crippen LogP contribution in [-0.4, -0.2) is 36.4 Å². The van der Waals surface area contributed by atoms with Crippen molar-refractivity contribution in [1.29, 1.82) is 0 Å². The van der Waals surface area contributed by atoms with E-state index in [4.69, 9.17) is 9.47 Å². The zero-order chi connectivity index (χ0) is 64.7. The predicted molar refractivity (Wildman–Crippen MR) is 399 cm³/mol. The average molecular weight is 1260 g/mol. The zero-order valence-electron chi connectivity index (χ0n) is 60.4. The number of aliphatic hydroxyl groups is 1. The quantitative estimate of drug-likeness (QED) is 0.0373. The average Bonchev–Trinajstić information content (AvgIpc) is 3.62. The van der Waals surface area contributed by atoms with Gasteiger partial charge in [0.05, 0.1) is 6.61 Å². The van der Waals surface area contributed by atoms with Crippen molar-refractivity contribution in [3.8, 4) is 0 Å². The molecule has 0 spiro atoms. The lowest BCUT2D eigenvalue weighted by molar-refractivity contribution is -0.161. The Morgan fingerprint density at radius 1 is 0.267 bits per heavy atom. The van der Waals surface area contributed by atoms with Crippen molar-refractivity contribution < 1.29 is 24.2 Å². The van der Waals surface area contributed by atoms with Gasteiger partial charge in [0.1, 0.15) is 6.61 Å². The van der Waals surface area contributed by atoms with Gasteiger partial charge in [-0.1, -0.05) is 407 Å². The van der Waals surface area contributed by atoms with Crippen LogP contribution in [-0.2, 0) is 19.1 Å². The summed E-state index contributed by atoms with van der Waals surface area (Å²) in [7, 11) is 0. The van der Waals surface area contributed by atoms with Gasteiger partial charge < -0.3 is 14.6 Å². The SMILES string of the molecule is CC/C=C\C/C=C\C/C=C\C/C=C\CCCCCCCCCCCCCCCCCCCCCCCCCCC(=O)OC(CO)COC(=O)CCCCCCCCCCCCCCCCCCCCCCCCCC/C=C\C/C=C\C/C=C\CCCCCCC. The Labute approximate surface area is 562 Å². The number of rotatable bonds is 75. The minimum Gasteiger partial charge on any atom is -0.462 e. The number of hydrogen-bond donors (Lipinski definition) is 1. The third-order valence-electron chi connectivity index (χ3n) is 18.2. The highest BCUT2D eigenvalue weighted by atomic mass is 16.6. The molecule has 0 rings (SSSR count). The molecule has 0 aliphatic rings. The lowest BCUT2D eigenvalue weighted by Gasteiger charge is -2.15. The molecule has 0 amide bonds. The molecular weight excluding hydrogens is 1100 g/mol. The summed E-state index contributed by atoms with van der Waals surface area (Å²) in [5, 5.41) is 9.73.